The van der Waals surface area contributed by atoms with Crippen LogP contribution in [0.25, 0.3) is 0 Å². The third kappa shape index (κ3) is 6.15. The van der Waals surface area contributed by atoms with Gasteiger partial charge in [-0.05, 0) is 62.2 Å². The molecule has 2 aromatic carbocycles. The van der Waals surface area contributed by atoms with Crippen molar-refractivity contribution < 1.29 is 4.79 Å². The summed E-state index contributed by atoms with van der Waals surface area (Å²) in [6.45, 7) is 8.23. The lowest BCUT2D eigenvalue weighted by molar-refractivity contribution is 0.102. The van der Waals surface area contributed by atoms with Crippen molar-refractivity contribution in [3.8, 4) is 0 Å². The second kappa shape index (κ2) is 10.9. The van der Waals surface area contributed by atoms with Crippen LogP contribution < -0.4 is 16.0 Å². The van der Waals surface area contributed by atoms with Crippen LogP contribution in [0.5, 0.6) is 0 Å². The Morgan fingerprint density at radius 2 is 1.72 bits per heavy atom. The highest BCUT2D eigenvalue weighted by atomic mass is 35.5. The molecule has 0 radical (unpaired) electrons. The summed E-state index contributed by atoms with van der Waals surface area (Å²) in [6, 6.07) is 13.2. The number of halogens is 2. The summed E-state index contributed by atoms with van der Waals surface area (Å²) in [5, 5.41) is 2.92. The number of nitrogen functional groups attached to an aromatic ring is 1. The zero-order chi connectivity index (χ0) is 16.8. The summed E-state index contributed by atoms with van der Waals surface area (Å²) >= 11 is 0. The van der Waals surface area contributed by atoms with E-state index in [2.05, 4.69) is 24.1 Å². The molecular weight excluding hydrogens is 357 g/mol. The Bertz CT molecular complexity index is 675. The molecule has 0 spiro atoms. The van der Waals surface area contributed by atoms with Crippen LogP contribution in [0, 0.1) is 6.92 Å². The molecule has 138 valence electrons. The average molecular weight is 384 g/mol. The van der Waals surface area contributed by atoms with Crippen molar-refractivity contribution in [2.75, 3.05) is 29.0 Å². The van der Waals surface area contributed by atoms with Gasteiger partial charge >= 0.3 is 0 Å². The first-order valence-corrected chi connectivity index (χ1v) is 8.07. The third-order valence-electron chi connectivity index (χ3n) is 3.88. The van der Waals surface area contributed by atoms with Gasteiger partial charge in [0.25, 0.3) is 5.91 Å². The SMILES string of the molecule is CCCN(CC)c1ccc(C(=O)Nc2cc(N)ccc2C)cc1.Cl.Cl. The number of benzene rings is 2. The van der Waals surface area contributed by atoms with Crippen LogP contribution in [-0.2, 0) is 0 Å². The third-order valence-corrected chi connectivity index (χ3v) is 3.88. The Balaban J connectivity index is 0.00000288. The first-order valence-electron chi connectivity index (χ1n) is 8.07. The lowest BCUT2D eigenvalue weighted by Crippen LogP contribution is -2.23. The average Bonchev–Trinajstić information content (AvgIpc) is 2.56. The number of nitrogens with zero attached hydrogens (tertiary/aromatic N) is 1. The van der Waals surface area contributed by atoms with Crippen LogP contribution in [0.1, 0.15) is 36.2 Å². The van der Waals surface area contributed by atoms with Crippen molar-refractivity contribution in [1.82, 2.24) is 0 Å². The maximum atomic E-state index is 12.4. The molecule has 0 heterocycles. The Kier molecular flexibility index (Phi) is 10.0. The minimum atomic E-state index is -0.121. The van der Waals surface area contributed by atoms with Crippen molar-refractivity contribution in [2.45, 2.75) is 27.2 Å². The van der Waals surface area contributed by atoms with E-state index < -0.39 is 0 Å². The largest absolute Gasteiger partial charge is 0.399 e. The van der Waals surface area contributed by atoms with Crippen LogP contribution in [0.15, 0.2) is 42.5 Å². The van der Waals surface area contributed by atoms with E-state index in [1.807, 2.05) is 43.3 Å². The van der Waals surface area contributed by atoms with E-state index in [9.17, 15) is 4.79 Å². The normalized spacial score (nSPS) is 9.56. The quantitative estimate of drug-likeness (QED) is 0.696. The van der Waals surface area contributed by atoms with Gasteiger partial charge in [-0.15, -0.1) is 24.8 Å². The second-order valence-electron chi connectivity index (χ2n) is 5.66. The fourth-order valence-corrected chi connectivity index (χ4v) is 2.53. The Morgan fingerprint density at radius 3 is 2.28 bits per heavy atom. The standard InChI is InChI=1S/C19H25N3O.2ClH/c1-4-12-22(5-2)17-10-7-15(8-11-17)19(23)21-18-13-16(20)9-6-14(18)3;;/h6-11,13H,4-5,12,20H2,1-3H3,(H,21,23);2*1H. The summed E-state index contributed by atoms with van der Waals surface area (Å²) in [7, 11) is 0. The molecule has 2 rings (SSSR count). The monoisotopic (exact) mass is 383 g/mol. The Labute approximate surface area is 162 Å². The van der Waals surface area contributed by atoms with Crippen LogP contribution in [0.4, 0.5) is 17.1 Å². The van der Waals surface area contributed by atoms with Gasteiger partial charge in [-0.2, -0.15) is 0 Å². The predicted molar refractivity (Wildman–Crippen MR) is 113 cm³/mol. The predicted octanol–water partition coefficient (Wildman–Crippen LogP) is 4.91. The van der Waals surface area contributed by atoms with Gasteiger partial charge in [-0.25, -0.2) is 0 Å². The smallest absolute Gasteiger partial charge is 0.255 e. The molecule has 0 saturated heterocycles. The molecule has 0 aliphatic heterocycles. The minimum Gasteiger partial charge on any atom is -0.399 e. The number of anilines is 3. The van der Waals surface area contributed by atoms with Crippen molar-refractivity contribution in [2.24, 2.45) is 0 Å². The van der Waals surface area contributed by atoms with Crippen LogP contribution in [0.2, 0.25) is 0 Å². The fraction of sp³-hybridized carbons (Fsp3) is 0.316. The van der Waals surface area contributed by atoms with Crippen LogP contribution >= 0.6 is 24.8 Å². The van der Waals surface area contributed by atoms with Gasteiger partial charge in [0, 0.05) is 35.7 Å². The number of hydrogen-bond donors (Lipinski definition) is 2. The zero-order valence-corrected chi connectivity index (χ0v) is 16.5. The van der Waals surface area contributed by atoms with E-state index in [1.165, 1.54) is 0 Å². The number of amides is 1. The van der Waals surface area contributed by atoms with E-state index in [0.717, 1.165) is 36.4 Å². The number of hydrogen-bond acceptors (Lipinski definition) is 3. The molecule has 0 saturated carbocycles. The molecule has 25 heavy (non-hydrogen) atoms. The molecule has 0 aromatic heterocycles. The molecule has 6 heteroatoms. The molecule has 0 fully saturated rings. The highest BCUT2D eigenvalue weighted by molar-refractivity contribution is 6.05. The van der Waals surface area contributed by atoms with E-state index >= 15 is 0 Å². The van der Waals surface area contributed by atoms with Gasteiger partial charge in [-0.3, -0.25) is 4.79 Å². The van der Waals surface area contributed by atoms with Crippen LogP contribution in [0.3, 0.4) is 0 Å². The van der Waals surface area contributed by atoms with Gasteiger partial charge in [-0.1, -0.05) is 13.0 Å². The molecule has 0 aliphatic carbocycles. The minimum absolute atomic E-state index is 0. The number of carbonyl (C=O) groups excluding carboxylic acids is 1. The maximum absolute atomic E-state index is 12.4. The molecule has 0 bridgehead atoms. The summed E-state index contributed by atoms with van der Waals surface area (Å²) in [5.41, 5.74) is 9.95. The lowest BCUT2D eigenvalue weighted by atomic mass is 10.1. The molecular formula is C19H27Cl2N3O. The van der Waals surface area contributed by atoms with Crippen molar-refractivity contribution in [1.29, 1.82) is 0 Å². The van der Waals surface area contributed by atoms with Gasteiger partial charge in [0.2, 0.25) is 0 Å². The molecule has 4 nitrogen and oxygen atoms in total. The number of carbonyl (C=O) groups is 1. The first-order chi connectivity index (χ1) is 11.0. The van der Waals surface area contributed by atoms with E-state index in [1.54, 1.807) is 6.07 Å². The topological polar surface area (TPSA) is 58.4 Å². The number of rotatable bonds is 6. The Hall–Kier alpha value is -1.91. The molecule has 1 amide bonds. The summed E-state index contributed by atoms with van der Waals surface area (Å²) < 4.78 is 0. The lowest BCUT2D eigenvalue weighted by Gasteiger charge is -2.22. The van der Waals surface area contributed by atoms with E-state index in [-0.39, 0.29) is 30.7 Å². The van der Waals surface area contributed by atoms with Gasteiger partial charge in [0.15, 0.2) is 0 Å². The molecule has 3 N–H and O–H groups in total. The molecule has 0 aliphatic rings. The summed E-state index contributed by atoms with van der Waals surface area (Å²) in [6.07, 6.45) is 1.10. The van der Waals surface area contributed by atoms with Crippen LogP contribution in [-0.4, -0.2) is 19.0 Å². The second-order valence-corrected chi connectivity index (χ2v) is 5.66. The Morgan fingerprint density at radius 1 is 1.08 bits per heavy atom. The van der Waals surface area contributed by atoms with E-state index in [0.29, 0.717) is 11.3 Å². The first kappa shape index (κ1) is 23.1. The molecule has 2 aromatic rings. The van der Waals surface area contributed by atoms with Crippen molar-refractivity contribution in [3.63, 3.8) is 0 Å². The summed E-state index contributed by atoms with van der Waals surface area (Å²) in [5.74, 6) is -0.121. The van der Waals surface area contributed by atoms with Crippen molar-refractivity contribution in [3.05, 3.63) is 53.6 Å². The van der Waals surface area contributed by atoms with Gasteiger partial charge in [0.1, 0.15) is 0 Å². The number of aryl methyl sites for hydroxylation is 1. The zero-order valence-electron chi connectivity index (χ0n) is 14.9. The maximum Gasteiger partial charge on any atom is 0.255 e. The van der Waals surface area contributed by atoms with E-state index in [4.69, 9.17) is 5.73 Å². The number of nitrogens with one attached hydrogen (secondary N) is 1. The number of nitrogens with two attached hydrogens (primary N) is 1. The van der Waals surface area contributed by atoms with Gasteiger partial charge < -0.3 is 16.0 Å². The molecule has 0 unspecified atom stereocenters. The fourth-order valence-electron chi connectivity index (χ4n) is 2.53. The molecule has 0 atom stereocenters. The van der Waals surface area contributed by atoms with Gasteiger partial charge in [0.05, 0.1) is 0 Å². The highest BCUT2D eigenvalue weighted by Gasteiger charge is 2.09. The highest BCUT2D eigenvalue weighted by Crippen LogP contribution is 2.20. The summed E-state index contributed by atoms with van der Waals surface area (Å²) in [4.78, 5) is 14.7. The van der Waals surface area contributed by atoms with Crippen molar-refractivity contribution >= 4 is 47.8 Å².